The summed E-state index contributed by atoms with van der Waals surface area (Å²) in [6.45, 7) is 3.40. The van der Waals surface area contributed by atoms with Crippen molar-refractivity contribution in [2.24, 2.45) is 5.92 Å². The van der Waals surface area contributed by atoms with E-state index < -0.39 is 0 Å². The zero-order valence-corrected chi connectivity index (χ0v) is 13.8. The van der Waals surface area contributed by atoms with Gasteiger partial charge in [-0.05, 0) is 56.0 Å². The Labute approximate surface area is 141 Å². The number of piperidine rings is 1. The molecule has 2 N–H and O–H groups in total. The van der Waals surface area contributed by atoms with Crippen LogP contribution in [0.1, 0.15) is 18.5 Å². The maximum atomic E-state index is 12.3. The second-order valence-corrected chi connectivity index (χ2v) is 6.17. The average molecular weight is 326 g/mol. The lowest BCUT2D eigenvalue weighted by molar-refractivity contribution is 0.136. The lowest BCUT2D eigenvalue weighted by Gasteiger charge is -2.31. The number of aryl methyl sites for hydroxylation is 1. The van der Waals surface area contributed by atoms with Gasteiger partial charge in [0.1, 0.15) is 0 Å². The quantitative estimate of drug-likeness (QED) is 0.909. The topological polar surface area (TPSA) is 78.4 Å². The molecule has 3 rings (SSSR count). The fraction of sp³-hybridized carbons (Fsp3) is 0.389. The Morgan fingerprint density at radius 1 is 1.33 bits per heavy atom. The number of hydrogen-bond acceptors (Lipinski definition) is 4. The van der Waals surface area contributed by atoms with Gasteiger partial charge < -0.3 is 15.3 Å². The van der Waals surface area contributed by atoms with E-state index >= 15 is 0 Å². The molecule has 0 spiro atoms. The molecule has 0 aliphatic carbocycles. The number of carbonyl (C=O) groups excluding carboxylic acids is 1. The molecule has 2 heterocycles. The van der Waals surface area contributed by atoms with Gasteiger partial charge in [-0.2, -0.15) is 0 Å². The van der Waals surface area contributed by atoms with E-state index in [1.807, 2.05) is 37.3 Å². The number of urea groups is 1. The first-order chi connectivity index (χ1) is 11.7. The number of amides is 2. The fourth-order valence-corrected chi connectivity index (χ4v) is 2.89. The molecule has 2 aromatic rings. The summed E-state index contributed by atoms with van der Waals surface area (Å²) in [5, 5.41) is 12.2. The first-order valence-electron chi connectivity index (χ1n) is 8.22. The number of aromatic nitrogens is 2. The molecular weight excluding hydrogens is 304 g/mol. The molecular formula is C18H22N4O2. The highest BCUT2D eigenvalue weighted by atomic mass is 16.3. The molecule has 1 aromatic heterocycles. The minimum atomic E-state index is -0.118. The number of aliphatic hydroxyl groups is 1. The number of aliphatic hydroxyl groups excluding tert-OH is 1. The molecule has 0 saturated carbocycles. The fourth-order valence-electron chi connectivity index (χ4n) is 2.89. The Bertz CT molecular complexity index is 702. The summed E-state index contributed by atoms with van der Waals surface area (Å²) in [5.41, 5.74) is 2.57. The van der Waals surface area contributed by atoms with Crippen LogP contribution in [0, 0.1) is 12.8 Å². The van der Waals surface area contributed by atoms with Gasteiger partial charge in [-0.15, -0.1) is 0 Å². The van der Waals surface area contributed by atoms with Crippen molar-refractivity contribution in [2.45, 2.75) is 19.8 Å². The third-order valence-corrected chi connectivity index (χ3v) is 4.25. The van der Waals surface area contributed by atoms with Gasteiger partial charge in [0.05, 0.1) is 0 Å². The third-order valence-electron chi connectivity index (χ3n) is 4.25. The van der Waals surface area contributed by atoms with Crippen LogP contribution in [0.4, 0.5) is 10.5 Å². The number of benzene rings is 1. The molecule has 1 aliphatic rings. The predicted molar refractivity (Wildman–Crippen MR) is 92.6 cm³/mol. The molecule has 1 unspecified atom stereocenters. The summed E-state index contributed by atoms with van der Waals surface area (Å²) in [6, 6.07) is 9.25. The molecule has 6 heteroatoms. The van der Waals surface area contributed by atoms with Crippen molar-refractivity contribution in [3.05, 3.63) is 42.2 Å². The van der Waals surface area contributed by atoms with Crippen LogP contribution in [0.25, 0.3) is 11.4 Å². The van der Waals surface area contributed by atoms with E-state index in [0.717, 1.165) is 36.3 Å². The van der Waals surface area contributed by atoms with Crippen LogP contribution < -0.4 is 5.32 Å². The summed E-state index contributed by atoms with van der Waals surface area (Å²) in [6.07, 6.45) is 3.65. The molecule has 126 valence electrons. The van der Waals surface area contributed by atoms with Gasteiger partial charge in [-0.3, -0.25) is 0 Å². The van der Waals surface area contributed by atoms with Gasteiger partial charge in [-0.1, -0.05) is 0 Å². The Morgan fingerprint density at radius 3 is 2.83 bits per heavy atom. The monoisotopic (exact) mass is 326 g/mol. The molecule has 1 aromatic carbocycles. The number of hydrogen-bond donors (Lipinski definition) is 2. The molecule has 1 atom stereocenters. The van der Waals surface area contributed by atoms with Crippen molar-refractivity contribution in [1.29, 1.82) is 0 Å². The second-order valence-electron chi connectivity index (χ2n) is 6.17. The van der Waals surface area contributed by atoms with Gasteiger partial charge in [0, 0.05) is 42.8 Å². The molecule has 0 bridgehead atoms. The smallest absolute Gasteiger partial charge is 0.321 e. The van der Waals surface area contributed by atoms with Gasteiger partial charge >= 0.3 is 6.03 Å². The summed E-state index contributed by atoms with van der Waals surface area (Å²) in [4.78, 5) is 22.8. The van der Waals surface area contributed by atoms with Crippen LogP contribution in [-0.2, 0) is 0 Å². The van der Waals surface area contributed by atoms with E-state index in [9.17, 15) is 9.90 Å². The predicted octanol–water partition coefficient (Wildman–Crippen LogP) is 2.69. The van der Waals surface area contributed by atoms with Gasteiger partial charge in [0.15, 0.2) is 5.82 Å². The summed E-state index contributed by atoms with van der Waals surface area (Å²) in [5.74, 6) is 0.861. The van der Waals surface area contributed by atoms with Crippen molar-refractivity contribution < 1.29 is 9.90 Å². The molecule has 6 nitrogen and oxygen atoms in total. The number of nitrogens with zero attached hydrogens (tertiary/aromatic N) is 3. The molecule has 24 heavy (non-hydrogen) atoms. The van der Waals surface area contributed by atoms with E-state index in [1.165, 1.54) is 0 Å². The SMILES string of the molecule is Cc1ccnc(-c2ccc(NC(=O)N3CCCC(CO)C3)cc2)n1. The maximum absolute atomic E-state index is 12.3. The highest BCUT2D eigenvalue weighted by molar-refractivity contribution is 5.89. The van der Waals surface area contributed by atoms with Crippen LogP contribution in [0.5, 0.6) is 0 Å². The van der Waals surface area contributed by atoms with Crippen LogP contribution in [0.3, 0.4) is 0 Å². The van der Waals surface area contributed by atoms with Crippen molar-refractivity contribution >= 4 is 11.7 Å². The summed E-state index contributed by atoms with van der Waals surface area (Å²) >= 11 is 0. The van der Waals surface area contributed by atoms with Crippen LogP contribution in [0.15, 0.2) is 36.5 Å². The van der Waals surface area contributed by atoms with Crippen LogP contribution in [-0.4, -0.2) is 45.7 Å². The molecule has 0 radical (unpaired) electrons. The number of anilines is 1. The van der Waals surface area contributed by atoms with Gasteiger partial charge in [0.25, 0.3) is 0 Å². The Hall–Kier alpha value is -2.47. The van der Waals surface area contributed by atoms with E-state index in [1.54, 1.807) is 11.1 Å². The maximum Gasteiger partial charge on any atom is 0.321 e. The van der Waals surface area contributed by atoms with E-state index in [2.05, 4.69) is 15.3 Å². The van der Waals surface area contributed by atoms with Crippen LogP contribution in [0.2, 0.25) is 0 Å². The van der Waals surface area contributed by atoms with Crippen molar-refractivity contribution in [1.82, 2.24) is 14.9 Å². The summed E-state index contributed by atoms with van der Waals surface area (Å²) in [7, 11) is 0. The van der Waals surface area contributed by atoms with E-state index in [4.69, 9.17) is 0 Å². The van der Waals surface area contributed by atoms with Gasteiger partial charge in [0.2, 0.25) is 0 Å². The zero-order valence-electron chi connectivity index (χ0n) is 13.8. The van der Waals surface area contributed by atoms with Gasteiger partial charge in [-0.25, -0.2) is 14.8 Å². The number of nitrogens with one attached hydrogen (secondary N) is 1. The summed E-state index contributed by atoms with van der Waals surface area (Å²) < 4.78 is 0. The van der Waals surface area contributed by atoms with E-state index in [-0.39, 0.29) is 18.6 Å². The highest BCUT2D eigenvalue weighted by Crippen LogP contribution is 2.20. The largest absolute Gasteiger partial charge is 0.396 e. The lowest BCUT2D eigenvalue weighted by Crippen LogP contribution is -2.43. The zero-order chi connectivity index (χ0) is 16.9. The number of likely N-dealkylation sites (tertiary alicyclic amines) is 1. The Morgan fingerprint density at radius 2 is 2.12 bits per heavy atom. The highest BCUT2D eigenvalue weighted by Gasteiger charge is 2.23. The third kappa shape index (κ3) is 3.89. The first-order valence-corrected chi connectivity index (χ1v) is 8.22. The standard InChI is InChI=1S/C18H22N4O2/c1-13-8-9-19-17(20-13)15-4-6-16(7-5-15)21-18(24)22-10-2-3-14(11-22)12-23/h4-9,14,23H,2-3,10-12H2,1H3,(H,21,24). The van der Waals surface area contributed by atoms with E-state index in [0.29, 0.717) is 12.4 Å². The first kappa shape index (κ1) is 16.4. The molecule has 1 saturated heterocycles. The molecule has 1 aliphatic heterocycles. The molecule has 1 fully saturated rings. The normalized spacial score (nSPS) is 17.6. The minimum absolute atomic E-state index is 0.118. The number of carbonyl (C=O) groups is 1. The minimum Gasteiger partial charge on any atom is -0.396 e. The van der Waals surface area contributed by atoms with Crippen LogP contribution >= 0.6 is 0 Å². The second kappa shape index (κ2) is 7.40. The van der Waals surface area contributed by atoms with Crippen molar-refractivity contribution in [3.8, 4) is 11.4 Å². The molecule has 2 amide bonds. The van der Waals surface area contributed by atoms with Crippen molar-refractivity contribution in [3.63, 3.8) is 0 Å². The Balaban J connectivity index is 1.64. The number of rotatable bonds is 3. The lowest BCUT2D eigenvalue weighted by atomic mass is 9.99. The average Bonchev–Trinajstić information content (AvgIpc) is 2.62. The van der Waals surface area contributed by atoms with Crippen molar-refractivity contribution in [2.75, 3.05) is 25.0 Å². The Kier molecular flexibility index (Phi) is 5.05.